The summed E-state index contributed by atoms with van der Waals surface area (Å²) < 4.78 is 2.30. The summed E-state index contributed by atoms with van der Waals surface area (Å²) in [5.41, 5.74) is 0. The first-order valence-electron chi connectivity index (χ1n) is 6.46. The zero-order valence-electron chi connectivity index (χ0n) is 10.3. The molecule has 4 heteroatoms. The predicted octanol–water partition coefficient (Wildman–Crippen LogP) is 2.11. The molecule has 1 saturated heterocycles. The van der Waals surface area contributed by atoms with Crippen LogP contribution in [0.2, 0.25) is 0 Å². The van der Waals surface area contributed by atoms with Crippen molar-refractivity contribution in [2.75, 3.05) is 13.1 Å². The van der Waals surface area contributed by atoms with E-state index in [2.05, 4.69) is 33.9 Å². The number of nitrogens with one attached hydrogen (secondary N) is 1. The molecule has 90 valence electrons. The first-order chi connectivity index (χ1) is 7.86. The molecule has 0 aliphatic carbocycles. The van der Waals surface area contributed by atoms with Gasteiger partial charge in [-0.15, -0.1) is 10.2 Å². The van der Waals surface area contributed by atoms with Crippen molar-refractivity contribution in [1.29, 1.82) is 0 Å². The average Bonchev–Trinajstić information content (AvgIpc) is 2.81. The first kappa shape index (κ1) is 11.6. The van der Waals surface area contributed by atoms with E-state index in [9.17, 15) is 0 Å². The zero-order chi connectivity index (χ0) is 11.4. The van der Waals surface area contributed by atoms with Crippen LogP contribution in [0.4, 0.5) is 0 Å². The maximum absolute atomic E-state index is 4.32. The van der Waals surface area contributed by atoms with Crippen molar-refractivity contribution in [3.63, 3.8) is 0 Å². The van der Waals surface area contributed by atoms with E-state index in [1.54, 1.807) is 0 Å². The molecule has 1 fully saturated rings. The Morgan fingerprint density at radius 1 is 1.50 bits per heavy atom. The monoisotopic (exact) mass is 222 g/mol. The molecule has 0 aromatic carbocycles. The van der Waals surface area contributed by atoms with E-state index in [1.807, 2.05) is 6.33 Å². The van der Waals surface area contributed by atoms with E-state index >= 15 is 0 Å². The van der Waals surface area contributed by atoms with E-state index in [0.717, 1.165) is 25.9 Å². The number of hydrogen-bond acceptors (Lipinski definition) is 3. The summed E-state index contributed by atoms with van der Waals surface area (Å²) in [6.45, 7) is 6.67. The normalized spacial score (nSPS) is 21.6. The molecule has 1 aromatic rings. The predicted molar refractivity (Wildman–Crippen MR) is 64.5 cm³/mol. The van der Waals surface area contributed by atoms with Crippen LogP contribution < -0.4 is 5.32 Å². The topological polar surface area (TPSA) is 42.7 Å². The van der Waals surface area contributed by atoms with Crippen molar-refractivity contribution in [3.05, 3.63) is 12.2 Å². The number of piperidine rings is 1. The molecule has 1 atom stereocenters. The quantitative estimate of drug-likeness (QED) is 0.848. The van der Waals surface area contributed by atoms with Crippen LogP contribution >= 0.6 is 0 Å². The summed E-state index contributed by atoms with van der Waals surface area (Å²) in [4.78, 5) is 0. The second kappa shape index (κ2) is 5.43. The fraction of sp³-hybridized carbons (Fsp3) is 0.833. The highest BCUT2D eigenvalue weighted by Crippen LogP contribution is 2.25. The zero-order valence-corrected chi connectivity index (χ0v) is 10.3. The summed E-state index contributed by atoms with van der Waals surface area (Å²) in [5.74, 6) is 1.74. The van der Waals surface area contributed by atoms with Crippen LogP contribution in [-0.4, -0.2) is 27.9 Å². The summed E-state index contributed by atoms with van der Waals surface area (Å²) in [6.07, 6.45) is 6.71. The highest BCUT2D eigenvalue weighted by molar-refractivity contribution is 4.98. The maximum atomic E-state index is 4.32. The Morgan fingerprint density at radius 2 is 2.31 bits per heavy atom. The van der Waals surface area contributed by atoms with Crippen LogP contribution in [0, 0.1) is 0 Å². The SMILES string of the molecule is CCC(CC)c1nncn1C1CCCNC1. The number of hydrogen-bond donors (Lipinski definition) is 1. The van der Waals surface area contributed by atoms with Gasteiger partial charge in [0.2, 0.25) is 0 Å². The Morgan fingerprint density at radius 3 is 2.94 bits per heavy atom. The van der Waals surface area contributed by atoms with Gasteiger partial charge < -0.3 is 9.88 Å². The van der Waals surface area contributed by atoms with E-state index in [0.29, 0.717) is 12.0 Å². The van der Waals surface area contributed by atoms with Gasteiger partial charge in [0.15, 0.2) is 0 Å². The Hall–Kier alpha value is -0.900. The average molecular weight is 222 g/mol. The Balaban J connectivity index is 2.16. The lowest BCUT2D eigenvalue weighted by Gasteiger charge is -2.26. The number of rotatable bonds is 4. The summed E-state index contributed by atoms with van der Waals surface area (Å²) >= 11 is 0. The minimum Gasteiger partial charge on any atom is -0.315 e. The fourth-order valence-electron chi connectivity index (χ4n) is 2.55. The lowest BCUT2D eigenvalue weighted by Crippen LogP contribution is -2.32. The molecule has 2 rings (SSSR count). The standard InChI is InChI=1S/C12H22N4/c1-3-10(4-2)12-15-14-9-16(12)11-6-5-7-13-8-11/h9-11,13H,3-8H2,1-2H3. The first-order valence-corrected chi connectivity index (χ1v) is 6.46. The molecular weight excluding hydrogens is 200 g/mol. The van der Waals surface area contributed by atoms with E-state index in [1.165, 1.54) is 18.7 Å². The smallest absolute Gasteiger partial charge is 0.136 e. The molecule has 0 radical (unpaired) electrons. The molecule has 0 spiro atoms. The minimum atomic E-state index is 0.555. The van der Waals surface area contributed by atoms with Gasteiger partial charge in [0, 0.05) is 18.5 Å². The molecular formula is C12H22N4. The Bertz CT molecular complexity index is 311. The molecule has 0 bridgehead atoms. The molecule has 0 saturated carbocycles. The lowest BCUT2D eigenvalue weighted by molar-refractivity contribution is 0.355. The van der Waals surface area contributed by atoms with Crippen molar-refractivity contribution in [2.24, 2.45) is 0 Å². The third-order valence-electron chi connectivity index (χ3n) is 3.62. The maximum Gasteiger partial charge on any atom is 0.136 e. The van der Waals surface area contributed by atoms with Crippen LogP contribution in [0.3, 0.4) is 0 Å². The van der Waals surface area contributed by atoms with Gasteiger partial charge in [-0.05, 0) is 32.2 Å². The lowest BCUT2D eigenvalue weighted by atomic mass is 10.0. The van der Waals surface area contributed by atoms with Crippen LogP contribution in [0.15, 0.2) is 6.33 Å². The number of aromatic nitrogens is 3. The van der Waals surface area contributed by atoms with E-state index < -0.39 is 0 Å². The molecule has 0 amide bonds. The molecule has 1 aliphatic heterocycles. The van der Waals surface area contributed by atoms with Gasteiger partial charge >= 0.3 is 0 Å². The van der Waals surface area contributed by atoms with Crippen LogP contribution in [0.5, 0.6) is 0 Å². The van der Waals surface area contributed by atoms with Gasteiger partial charge in [-0.1, -0.05) is 13.8 Å². The van der Waals surface area contributed by atoms with Crippen molar-refractivity contribution in [2.45, 2.75) is 51.5 Å². The molecule has 2 heterocycles. The van der Waals surface area contributed by atoms with Crippen molar-refractivity contribution in [1.82, 2.24) is 20.1 Å². The second-order valence-electron chi connectivity index (χ2n) is 4.61. The number of nitrogens with zero attached hydrogens (tertiary/aromatic N) is 3. The van der Waals surface area contributed by atoms with Gasteiger partial charge in [-0.3, -0.25) is 0 Å². The fourth-order valence-corrected chi connectivity index (χ4v) is 2.55. The van der Waals surface area contributed by atoms with Gasteiger partial charge in [0.25, 0.3) is 0 Å². The van der Waals surface area contributed by atoms with Crippen LogP contribution in [0.25, 0.3) is 0 Å². The van der Waals surface area contributed by atoms with Crippen LogP contribution in [0.1, 0.15) is 57.3 Å². The van der Waals surface area contributed by atoms with Gasteiger partial charge in [0.1, 0.15) is 12.2 Å². The van der Waals surface area contributed by atoms with Gasteiger partial charge in [-0.2, -0.15) is 0 Å². The second-order valence-corrected chi connectivity index (χ2v) is 4.61. The third kappa shape index (κ3) is 2.26. The highest BCUT2D eigenvalue weighted by Gasteiger charge is 2.21. The van der Waals surface area contributed by atoms with Gasteiger partial charge in [-0.25, -0.2) is 0 Å². The highest BCUT2D eigenvalue weighted by atomic mass is 15.3. The Labute approximate surface area is 97.5 Å². The largest absolute Gasteiger partial charge is 0.315 e. The Kier molecular flexibility index (Phi) is 3.93. The van der Waals surface area contributed by atoms with Crippen LogP contribution in [-0.2, 0) is 0 Å². The summed E-state index contributed by atoms with van der Waals surface area (Å²) in [6, 6.07) is 0.555. The molecule has 4 nitrogen and oxygen atoms in total. The van der Waals surface area contributed by atoms with E-state index in [4.69, 9.17) is 0 Å². The van der Waals surface area contributed by atoms with Crippen molar-refractivity contribution >= 4 is 0 Å². The minimum absolute atomic E-state index is 0.555. The van der Waals surface area contributed by atoms with E-state index in [-0.39, 0.29) is 0 Å². The molecule has 1 aromatic heterocycles. The summed E-state index contributed by atoms with van der Waals surface area (Å²) in [7, 11) is 0. The third-order valence-corrected chi connectivity index (χ3v) is 3.62. The van der Waals surface area contributed by atoms with Crippen molar-refractivity contribution < 1.29 is 0 Å². The molecule has 1 unspecified atom stereocenters. The van der Waals surface area contributed by atoms with Crippen molar-refractivity contribution in [3.8, 4) is 0 Å². The molecule has 16 heavy (non-hydrogen) atoms. The molecule has 1 N–H and O–H groups in total. The van der Waals surface area contributed by atoms with Gasteiger partial charge in [0.05, 0.1) is 0 Å². The molecule has 1 aliphatic rings. The summed E-state index contributed by atoms with van der Waals surface area (Å²) in [5, 5.41) is 11.9.